The molecule has 3 saturated heterocycles. The Kier molecular flexibility index (Phi) is 51.6. The van der Waals surface area contributed by atoms with Crippen molar-refractivity contribution >= 4 is 5.91 Å². The first-order chi connectivity index (χ1) is 46.8. The standard InChI is InChI=1S/C77H131NO18/c1-3-5-7-9-11-13-15-16-17-18-19-20-21-22-23-24-25-26-27-28-29-30-31-32-33-34-35-36-37-38-39-40-41-42-43-44-45-47-49-51-53-55-65(83)78-60(61(82)54-52-50-48-46-14-12-10-8-6-4-2)59-91-75-71(89)68(86)73(63(57-80)93-75)96-77-72(90)69(87)74(64(58-81)94-77)95-76-70(88)67(85)66(84)62(56-79)92-76/h5,7,11,13-14,16-17,19-20,22-23,25-26,28-29,46,52,54,60-64,66-77,79-82,84-90H,3-4,6,8-10,12,15,18,21,24,27,30-45,47-51,53,55-59H2,1-2H3,(H,78,83)/b7-5-,13-11-,17-16-,20-19-,23-22-,26-25-,29-28-,46-14+,54-52+. The van der Waals surface area contributed by atoms with E-state index in [4.69, 9.17) is 28.4 Å². The number of carbonyl (C=O) groups excluding carboxylic acids is 1. The van der Waals surface area contributed by atoms with Crippen LogP contribution in [0.3, 0.4) is 0 Å². The first kappa shape index (κ1) is 86.7. The van der Waals surface area contributed by atoms with E-state index in [9.17, 15) is 61.0 Å². The lowest BCUT2D eigenvalue weighted by molar-refractivity contribution is -0.379. The van der Waals surface area contributed by atoms with E-state index in [1.807, 2.05) is 6.08 Å². The van der Waals surface area contributed by atoms with Crippen molar-refractivity contribution in [1.82, 2.24) is 5.32 Å². The van der Waals surface area contributed by atoms with Crippen LogP contribution >= 0.6 is 0 Å². The molecule has 0 aromatic rings. The number of hydrogen-bond donors (Lipinski definition) is 12. The van der Waals surface area contributed by atoms with Gasteiger partial charge in [-0.2, -0.15) is 0 Å². The topological polar surface area (TPSA) is 307 Å². The summed E-state index contributed by atoms with van der Waals surface area (Å²) in [5, 5.41) is 120. The fraction of sp³-hybridized carbons (Fsp3) is 0.753. The van der Waals surface area contributed by atoms with Gasteiger partial charge < -0.3 is 89.9 Å². The molecule has 0 bridgehead atoms. The Hall–Kier alpha value is -3.55. The average Bonchev–Trinajstić information content (AvgIpc) is 0.849. The van der Waals surface area contributed by atoms with Gasteiger partial charge in [0.2, 0.25) is 5.91 Å². The third-order valence-corrected chi connectivity index (χ3v) is 17.8. The zero-order chi connectivity index (χ0) is 69.6. The molecule has 3 aliphatic heterocycles. The number of allylic oxidation sites excluding steroid dienone is 17. The Labute approximate surface area is 576 Å². The van der Waals surface area contributed by atoms with E-state index in [0.717, 1.165) is 83.5 Å². The van der Waals surface area contributed by atoms with Crippen LogP contribution in [-0.2, 0) is 33.2 Å². The lowest BCUT2D eigenvalue weighted by atomic mass is 9.96. The summed E-state index contributed by atoms with van der Waals surface area (Å²) in [6.07, 6.45) is 51.2. The Morgan fingerprint density at radius 2 is 0.729 bits per heavy atom. The lowest BCUT2D eigenvalue weighted by Gasteiger charge is -2.48. The molecule has 12 N–H and O–H groups in total. The Bertz CT molecular complexity index is 2160. The molecule has 0 aromatic heterocycles. The number of aliphatic hydroxyl groups is 11. The number of nitrogens with one attached hydrogen (secondary N) is 1. The maximum Gasteiger partial charge on any atom is 0.220 e. The minimum atomic E-state index is -1.98. The fourth-order valence-electron chi connectivity index (χ4n) is 11.8. The number of aliphatic hydroxyl groups excluding tert-OH is 11. The van der Waals surface area contributed by atoms with E-state index in [1.54, 1.807) is 6.08 Å². The molecule has 1 amide bonds. The van der Waals surface area contributed by atoms with Crippen molar-refractivity contribution in [2.45, 2.75) is 343 Å². The van der Waals surface area contributed by atoms with Gasteiger partial charge in [-0.05, 0) is 89.9 Å². The third kappa shape index (κ3) is 37.8. The van der Waals surface area contributed by atoms with E-state index >= 15 is 0 Å². The molecule has 19 nitrogen and oxygen atoms in total. The molecule has 0 aromatic carbocycles. The fourth-order valence-corrected chi connectivity index (χ4v) is 11.8. The van der Waals surface area contributed by atoms with Gasteiger partial charge in [0.1, 0.15) is 73.2 Å². The summed E-state index contributed by atoms with van der Waals surface area (Å²) in [5.41, 5.74) is 0. The first-order valence-electron chi connectivity index (χ1n) is 37.1. The molecule has 17 atom stereocenters. The predicted octanol–water partition coefficient (Wildman–Crippen LogP) is 11.0. The van der Waals surface area contributed by atoms with Crippen molar-refractivity contribution in [2.75, 3.05) is 26.4 Å². The van der Waals surface area contributed by atoms with Gasteiger partial charge in [-0.1, -0.05) is 252 Å². The van der Waals surface area contributed by atoms with Crippen LogP contribution in [-0.4, -0.2) is 193 Å². The summed E-state index contributed by atoms with van der Waals surface area (Å²) in [5.74, 6) is -0.289. The summed E-state index contributed by atoms with van der Waals surface area (Å²) < 4.78 is 34.3. The van der Waals surface area contributed by atoms with E-state index in [-0.39, 0.29) is 18.9 Å². The minimum absolute atomic E-state index is 0.232. The number of rotatable bonds is 56. The molecular weight excluding hydrogens is 1230 g/mol. The maximum absolute atomic E-state index is 13.4. The largest absolute Gasteiger partial charge is 0.394 e. The monoisotopic (exact) mass is 1360 g/mol. The van der Waals surface area contributed by atoms with Crippen molar-refractivity contribution < 1.29 is 89.4 Å². The zero-order valence-electron chi connectivity index (χ0n) is 58.6. The van der Waals surface area contributed by atoms with Gasteiger partial charge in [-0.25, -0.2) is 0 Å². The van der Waals surface area contributed by atoms with Crippen molar-refractivity contribution in [1.29, 1.82) is 0 Å². The van der Waals surface area contributed by atoms with Gasteiger partial charge in [0.15, 0.2) is 18.9 Å². The van der Waals surface area contributed by atoms with Crippen LogP contribution in [0.15, 0.2) is 109 Å². The molecule has 3 fully saturated rings. The van der Waals surface area contributed by atoms with Crippen LogP contribution in [0.1, 0.15) is 239 Å². The lowest BCUT2D eigenvalue weighted by Crippen LogP contribution is -2.66. The quantitative estimate of drug-likeness (QED) is 0.0199. The van der Waals surface area contributed by atoms with Crippen molar-refractivity contribution in [3.8, 4) is 0 Å². The van der Waals surface area contributed by atoms with Crippen molar-refractivity contribution in [3.63, 3.8) is 0 Å². The van der Waals surface area contributed by atoms with Crippen LogP contribution in [0, 0.1) is 0 Å². The van der Waals surface area contributed by atoms with Gasteiger partial charge in [-0.3, -0.25) is 4.79 Å². The van der Waals surface area contributed by atoms with Gasteiger partial charge >= 0.3 is 0 Å². The summed E-state index contributed by atoms with van der Waals surface area (Å²) in [4.78, 5) is 13.4. The van der Waals surface area contributed by atoms with Crippen LogP contribution < -0.4 is 5.32 Å². The second kappa shape index (κ2) is 57.1. The molecule has 96 heavy (non-hydrogen) atoms. The van der Waals surface area contributed by atoms with E-state index in [2.05, 4.69) is 116 Å². The molecule has 552 valence electrons. The number of ether oxygens (including phenoxy) is 6. The number of amides is 1. The molecule has 17 unspecified atom stereocenters. The molecular formula is C77H131NO18. The average molecular weight is 1360 g/mol. The highest BCUT2D eigenvalue weighted by atomic mass is 16.8. The first-order valence-corrected chi connectivity index (χ1v) is 37.1. The van der Waals surface area contributed by atoms with Crippen LogP contribution in [0.5, 0.6) is 0 Å². The molecule has 3 aliphatic rings. The van der Waals surface area contributed by atoms with Gasteiger partial charge in [0.05, 0.1) is 38.6 Å². The van der Waals surface area contributed by atoms with E-state index in [1.165, 1.54) is 122 Å². The number of hydrogen-bond acceptors (Lipinski definition) is 18. The van der Waals surface area contributed by atoms with Crippen LogP contribution in [0.2, 0.25) is 0 Å². The number of unbranched alkanes of at least 4 members (excludes halogenated alkanes) is 24. The van der Waals surface area contributed by atoms with E-state index < -0.39 is 124 Å². The highest BCUT2D eigenvalue weighted by molar-refractivity contribution is 5.76. The molecule has 19 heteroatoms. The number of carbonyl (C=O) groups is 1. The minimum Gasteiger partial charge on any atom is -0.394 e. The second-order valence-electron chi connectivity index (χ2n) is 26.0. The summed E-state index contributed by atoms with van der Waals surface area (Å²) in [6, 6.07) is -0.992. The zero-order valence-corrected chi connectivity index (χ0v) is 58.6. The van der Waals surface area contributed by atoms with Gasteiger partial charge in [0.25, 0.3) is 0 Å². The molecule has 0 saturated carbocycles. The van der Waals surface area contributed by atoms with Crippen LogP contribution in [0.25, 0.3) is 0 Å². The molecule has 0 aliphatic carbocycles. The normalized spacial score (nSPS) is 27.7. The maximum atomic E-state index is 13.4. The summed E-state index contributed by atoms with van der Waals surface area (Å²) in [7, 11) is 0. The molecule has 3 heterocycles. The van der Waals surface area contributed by atoms with Crippen molar-refractivity contribution in [3.05, 3.63) is 109 Å². The summed E-state index contributed by atoms with van der Waals surface area (Å²) >= 11 is 0. The SMILES string of the molecule is CC/C=C\C/C=C\C/C=C\C/C=C\C/C=C\C/C=C\C/C=C\CCCCCCCCCCCCCCCCCCCCCC(=O)NC(COC1OC(CO)C(OC2OC(CO)C(OC3OC(CO)C(O)C(O)C3O)C(O)C2O)C(O)C1O)C(O)/C=C/CC/C=C/CCCCCC. The molecule has 0 spiro atoms. The van der Waals surface area contributed by atoms with Gasteiger partial charge in [-0.15, -0.1) is 0 Å². The molecule has 3 rings (SSSR count). The van der Waals surface area contributed by atoms with E-state index in [0.29, 0.717) is 12.8 Å². The Balaban J connectivity index is 1.27. The smallest absolute Gasteiger partial charge is 0.220 e. The van der Waals surface area contributed by atoms with Crippen molar-refractivity contribution in [2.24, 2.45) is 0 Å². The molecule has 0 radical (unpaired) electrons. The highest BCUT2D eigenvalue weighted by Crippen LogP contribution is 2.33. The summed E-state index contributed by atoms with van der Waals surface area (Å²) in [6.45, 7) is 1.54. The third-order valence-electron chi connectivity index (χ3n) is 17.8. The van der Waals surface area contributed by atoms with Gasteiger partial charge in [0, 0.05) is 6.42 Å². The van der Waals surface area contributed by atoms with Crippen LogP contribution in [0.4, 0.5) is 0 Å². The Morgan fingerprint density at radius 3 is 1.17 bits per heavy atom. The predicted molar refractivity (Wildman–Crippen MR) is 378 cm³/mol. The highest BCUT2D eigenvalue weighted by Gasteiger charge is 2.53. The Morgan fingerprint density at radius 1 is 0.385 bits per heavy atom. The second-order valence-corrected chi connectivity index (χ2v) is 26.0.